The molecular formula is C15H15N3O3. The molecule has 1 aliphatic carbocycles. The van der Waals surface area contributed by atoms with Crippen molar-refractivity contribution >= 4 is 28.2 Å². The first-order valence-electron chi connectivity index (χ1n) is 8.62. The zero-order chi connectivity index (χ0) is 18.5. The van der Waals surface area contributed by atoms with Crippen molar-refractivity contribution < 1.29 is 15.1 Å². The highest BCUT2D eigenvalue weighted by atomic mass is 16.2. The van der Waals surface area contributed by atoms with Crippen LogP contribution in [0.15, 0.2) is 22.9 Å². The Balaban J connectivity index is 2.37. The number of aromatic nitrogens is 2. The number of aryl methyl sites for hydroxylation is 1. The van der Waals surface area contributed by atoms with Gasteiger partial charge in [-0.1, -0.05) is 6.04 Å². The average molecular weight is 289 g/mol. The van der Waals surface area contributed by atoms with Crippen LogP contribution in [0, 0.1) is 6.90 Å². The van der Waals surface area contributed by atoms with Gasteiger partial charge in [0, 0.05) is 13.5 Å². The quantitative estimate of drug-likeness (QED) is 0.627. The standard InChI is InChI=1S/C15H15N3O3/c1-8-17-11-4-2-3-10(16)14(11)15(21)18(8)12-6-5-9(19)7-13(12)20/h2-4,12H,5-7,16H2,1H3/i1D,2D,3D,4D. The van der Waals surface area contributed by atoms with Crippen LogP contribution in [-0.4, -0.2) is 21.1 Å². The molecule has 0 saturated heterocycles. The molecule has 0 radical (unpaired) electrons. The Bertz CT molecular complexity index is 987. The summed E-state index contributed by atoms with van der Waals surface area (Å²) in [4.78, 5) is 40.7. The molecule has 6 nitrogen and oxygen atoms in total. The maximum atomic E-state index is 13.0. The molecule has 1 aromatic heterocycles. The number of hydrogen-bond donors (Lipinski definition) is 1. The zero-order valence-corrected chi connectivity index (χ0v) is 11.1. The maximum Gasteiger partial charge on any atom is 0.264 e. The van der Waals surface area contributed by atoms with E-state index in [2.05, 4.69) is 4.98 Å². The fourth-order valence-electron chi connectivity index (χ4n) is 2.59. The number of hydrogen-bond acceptors (Lipinski definition) is 5. The van der Waals surface area contributed by atoms with Crippen molar-refractivity contribution in [2.24, 2.45) is 0 Å². The Morgan fingerprint density at radius 1 is 1.43 bits per heavy atom. The van der Waals surface area contributed by atoms with Crippen molar-refractivity contribution in [1.29, 1.82) is 0 Å². The summed E-state index contributed by atoms with van der Waals surface area (Å²) in [7, 11) is 0. The van der Waals surface area contributed by atoms with Crippen molar-refractivity contribution in [1.82, 2.24) is 9.55 Å². The number of fused-ring (bicyclic) bond motifs is 1. The summed E-state index contributed by atoms with van der Waals surface area (Å²) in [5.74, 6) is -0.659. The Kier molecular flexibility index (Phi) is 2.16. The number of nitrogen functional groups attached to an aromatic ring is 1. The van der Waals surface area contributed by atoms with Gasteiger partial charge < -0.3 is 5.73 Å². The zero-order valence-electron chi connectivity index (χ0n) is 15.1. The van der Waals surface area contributed by atoms with Crippen molar-refractivity contribution in [3.63, 3.8) is 0 Å². The molecule has 1 heterocycles. The largest absolute Gasteiger partial charge is 0.398 e. The fourth-order valence-corrected chi connectivity index (χ4v) is 2.59. The van der Waals surface area contributed by atoms with Gasteiger partial charge >= 0.3 is 0 Å². The summed E-state index contributed by atoms with van der Waals surface area (Å²) < 4.78 is 32.1. The first-order valence-corrected chi connectivity index (χ1v) is 6.41. The van der Waals surface area contributed by atoms with Gasteiger partial charge in [-0.3, -0.25) is 19.0 Å². The van der Waals surface area contributed by atoms with Gasteiger partial charge in [0.15, 0.2) is 5.78 Å². The Morgan fingerprint density at radius 2 is 2.24 bits per heavy atom. The molecule has 0 spiro atoms. The van der Waals surface area contributed by atoms with Crippen LogP contribution in [0.2, 0.25) is 0 Å². The number of anilines is 1. The predicted molar refractivity (Wildman–Crippen MR) is 78.1 cm³/mol. The van der Waals surface area contributed by atoms with E-state index < -0.39 is 42.4 Å². The molecule has 0 bridgehead atoms. The smallest absolute Gasteiger partial charge is 0.264 e. The van der Waals surface area contributed by atoms with E-state index in [0.717, 1.165) is 4.57 Å². The molecule has 1 aromatic carbocycles. The second-order valence-electron chi connectivity index (χ2n) is 4.95. The lowest BCUT2D eigenvalue weighted by Gasteiger charge is -2.24. The highest BCUT2D eigenvalue weighted by molar-refractivity contribution is 6.03. The van der Waals surface area contributed by atoms with Gasteiger partial charge in [-0.15, -0.1) is 0 Å². The van der Waals surface area contributed by atoms with E-state index in [-0.39, 0.29) is 47.5 Å². The number of nitrogens with two attached hydrogens (primary N) is 1. The summed E-state index contributed by atoms with van der Waals surface area (Å²) in [6, 6.07) is -2.24. The fraction of sp³-hybridized carbons (Fsp3) is 0.333. The Hall–Kier alpha value is -2.50. The van der Waals surface area contributed by atoms with E-state index >= 15 is 0 Å². The number of nitrogens with zero attached hydrogens (tertiary/aromatic N) is 2. The third kappa shape index (κ3) is 2.12. The Morgan fingerprint density at radius 3 is 2.95 bits per heavy atom. The van der Waals surface area contributed by atoms with Gasteiger partial charge in [0.05, 0.1) is 27.5 Å². The van der Waals surface area contributed by atoms with Crippen LogP contribution in [-0.2, 0) is 9.59 Å². The van der Waals surface area contributed by atoms with Crippen molar-refractivity contribution in [3.05, 3.63) is 34.3 Å². The average Bonchev–Trinajstić information content (AvgIpc) is 2.58. The molecule has 108 valence electrons. The summed E-state index contributed by atoms with van der Waals surface area (Å²) in [5.41, 5.74) is 4.65. The third-order valence-corrected chi connectivity index (χ3v) is 3.59. The number of carbonyl (C=O) groups is 2. The first-order chi connectivity index (χ1) is 11.8. The van der Waals surface area contributed by atoms with Crippen molar-refractivity contribution in [2.45, 2.75) is 32.2 Å². The SMILES string of the molecule is [2H]Cc1nc2c([2H])c([2H])c([2H])c(N)c2c(=O)n1C1CCC(=O)CC1=O. The van der Waals surface area contributed by atoms with Crippen LogP contribution in [0.4, 0.5) is 5.69 Å². The molecule has 1 saturated carbocycles. The van der Waals surface area contributed by atoms with Gasteiger partial charge in [0.25, 0.3) is 5.56 Å². The molecule has 1 atom stereocenters. The van der Waals surface area contributed by atoms with E-state index in [0.29, 0.717) is 0 Å². The number of ketones is 2. The lowest BCUT2D eigenvalue weighted by Crippen LogP contribution is -2.36. The number of benzene rings is 1. The van der Waals surface area contributed by atoms with Crippen LogP contribution in [0.5, 0.6) is 0 Å². The van der Waals surface area contributed by atoms with Crippen LogP contribution in [0.3, 0.4) is 0 Å². The summed E-state index contributed by atoms with van der Waals surface area (Å²) in [6.07, 6.45) is 0.00359. The predicted octanol–water partition coefficient (Wildman–Crippen LogP) is 1.15. The van der Waals surface area contributed by atoms with Crippen LogP contribution in [0.25, 0.3) is 10.9 Å². The minimum absolute atomic E-state index is 0.0322. The maximum absolute atomic E-state index is 13.0. The topological polar surface area (TPSA) is 95.0 Å². The normalized spacial score (nSPS) is 21.8. The molecule has 3 rings (SSSR count). The molecule has 21 heavy (non-hydrogen) atoms. The molecular weight excluding hydrogens is 270 g/mol. The number of Topliss-reactive ketones (excluding diaryl/α,β-unsaturated/α-hetero) is 2. The minimum atomic E-state index is -0.916. The molecule has 6 heteroatoms. The summed E-state index contributed by atoms with van der Waals surface area (Å²) in [5, 5.41) is -0.201. The van der Waals surface area contributed by atoms with E-state index in [1.165, 1.54) is 0 Å². The number of carbonyl (C=O) groups excluding carboxylic acids is 2. The lowest BCUT2D eigenvalue weighted by molar-refractivity contribution is -0.132. The molecule has 1 unspecified atom stereocenters. The summed E-state index contributed by atoms with van der Waals surface area (Å²) >= 11 is 0. The van der Waals surface area contributed by atoms with E-state index in [9.17, 15) is 14.4 Å². The van der Waals surface area contributed by atoms with Gasteiger partial charge in [-0.25, -0.2) is 4.98 Å². The second kappa shape index (κ2) is 4.80. The van der Waals surface area contributed by atoms with E-state index in [1.54, 1.807) is 0 Å². The van der Waals surface area contributed by atoms with Crippen LogP contribution >= 0.6 is 0 Å². The van der Waals surface area contributed by atoms with Gasteiger partial charge in [0.2, 0.25) is 0 Å². The number of rotatable bonds is 1. The molecule has 2 aromatic rings. The van der Waals surface area contributed by atoms with Gasteiger partial charge in [-0.2, -0.15) is 0 Å². The minimum Gasteiger partial charge on any atom is -0.398 e. The molecule has 2 N–H and O–H groups in total. The summed E-state index contributed by atoms with van der Waals surface area (Å²) in [6.45, 7) is -0.418. The van der Waals surface area contributed by atoms with Crippen LogP contribution in [0.1, 0.15) is 36.6 Å². The monoisotopic (exact) mass is 289 g/mol. The van der Waals surface area contributed by atoms with Gasteiger partial charge in [-0.05, 0) is 25.4 Å². The molecule has 0 aliphatic heterocycles. The highest BCUT2D eigenvalue weighted by Gasteiger charge is 2.30. The van der Waals surface area contributed by atoms with Crippen molar-refractivity contribution in [3.8, 4) is 0 Å². The lowest BCUT2D eigenvalue weighted by atomic mass is 9.92. The van der Waals surface area contributed by atoms with E-state index in [4.69, 9.17) is 11.2 Å². The van der Waals surface area contributed by atoms with Gasteiger partial charge in [0.1, 0.15) is 11.6 Å². The third-order valence-electron chi connectivity index (χ3n) is 3.59. The van der Waals surface area contributed by atoms with Crippen LogP contribution < -0.4 is 11.3 Å². The molecule has 1 aliphatic rings. The molecule has 1 fully saturated rings. The molecule has 0 amide bonds. The van der Waals surface area contributed by atoms with Crippen molar-refractivity contribution in [2.75, 3.05) is 5.73 Å². The Labute approximate surface area is 126 Å². The second-order valence-corrected chi connectivity index (χ2v) is 4.95. The first kappa shape index (κ1) is 9.44. The van der Waals surface area contributed by atoms with E-state index in [1.807, 2.05) is 0 Å². The highest BCUT2D eigenvalue weighted by Crippen LogP contribution is 2.24.